The van der Waals surface area contributed by atoms with Crippen LogP contribution in [-0.4, -0.2) is 109 Å². The van der Waals surface area contributed by atoms with Gasteiger partial charge in [0, 0.05) is 37.1 Å². The Morgan fingerprint density at radius 3 is 1.89 bits per heavy atom. The first-order chi connectivity index (χ1) is 39.9. The molecule has 2 aromatic rings. The van der Waals surface area contributed by atoms with Crippen molar-refractivity contribution in [2.45, 2.75) is 193 Å². The molecule has 1 aliphatic heterocycles. The molecule has 1 aliphatic rings. The summed E-state index contributed by atoms with van der Waals surface area (Å²) in [6.45, 7) is 2.08. The van der Waals surface area contributed by atoms with Crippen molar-refractivity contribution in [2.24, 2.45) is 5.41 Å². The van der Waals surface area contributed by atoms with Crippen molar-refractivity contribution in [2.75, 3.05) is 37.8 Å². The van der Waals surface area contributed by atoms with E-state index in [-0.39, 0.29) is 59.6 Å². The fourth-order valence-electron chi connectivity index (χ4n) is 8.47. The summed E-state index contributed by atoms with van der Waals surface area (Å²) in [6, 6.07) is 0. The molecule has 6 N–H and O–H groups in total. The number of unbranched alkanes of at least 4 members (excludes halogenated alkanes) is 13. The number of aromatic nitrogens is 4. The number of ether oxygens (including phenoxy) is 1. The monoisotopic (exact) mass is 1260 g/mol. The molecular formula is C55H86N7O18P3S-4. The SMILES string of the molecule is CC/C=C\C/C=C\C/C=C\C/C=C\C/C=C\CCCCCCCCCCCCCCCC(=O)CC(=O)SCCNC(=O)CCNC(=O)[C@H](O)C(C)(C)COP(=O)([O-])OP(=O)([O-])OC[C@H]1O[C@@H](n2cnc3c(N)ncnc32)[C@H](O)[C@@H]1OP(=O)([O-])[O-]. The zero-order chi connectivity index (χ0) is 61.9. The number of aliphatic hydroxyl groups excluding tert-OH is 2. The van der Waals surface area contributed by atoms with Crippen molar-refractivity contribution in [1.29, 1.82) is 0 Å². The highest BCUT2D eigenvalue weighted by Gasteiger charge is 2.47. The Morgan fingerprint density at radius 2 is 1.31 bits per heavy atom. The lowest BCUT2D eigenvalue weighted by molar-refractivity contribution is -0.347. The average molecular weight is 1260 g/mol. The second kappa shape index (κ2) is 40.4. The molecule has 1 saturated heterocycles. The van der Waals surface area contributed by atoms with Crippen molar-refractivity contribution >= 4 is 74.9 Å². The van der Waals surface area contributed by atoms with Gasteiger partial charge in [-0.25, -0.2) is 19.3 Å². The molecular weight excluding hydrogens is 1170 g/mol. The number of carbonyl (C=O) groups is 4. The number of phosphoric acid groups is 3. The number of fused-ring (bicyclic) bond motifs is 1. The van der Waals surface area contributed by atoms with Crippen LogP contribution in [0, 0.1) is 5.41 Å². The number of carbonyl (C=O) groups excluding carboxylic acids is 4. The molecule has 1 fully saturated rings. The maximum absolute atomic E-state index is 12.7. The number of amides is 2. The van der Waals surface area contributed by atoms with Crippen LogP contribution < -0.4 is 35.9 Å². The molecule has 0 aliphatic carbocycles. The molecule has 3 rings (SSSR count). The lowest BCUT2D eigenvalue weighted by Crippen LogP contribution is -2.46. The number of thioether (sulfide) groups is 1. The van der Waals surface area contributed by atoms with Crippen LogP contribution in [0.5, 0.6) is 0 Å². The number of Topliss-reactive ketones (excluding diaryl/α,β-unsaturated/α-hetero) is 1. The van der Waals surface area contributed by atoms with E-state index >= 15 is 0 Å². The number of anilines is 1. The number of nitrogens with two attached hydrogens (primary N) is 1. The molecule has 2 amide bonds. The van der Waals surface area contributed by atoms with Crippen LogP contribution in [0.1, 0.15) is 168 Å². The highest BCUT2D eigenvalue weighted by molar-refractivity contribution is 8.13. The molecule has 7 atom stereocenters. The molecule has 25 nitrogen and oxygen atoms in total. The van der Waals surface area contributed by atoms with Crippen LogP contribution in [0.3, 0.4) is 0 Å². The Morgan fingerprint density at radius 1 is 0.762 bits per heavy atom. The third-order valence-corrected chi connectivity index (χ3v) is 17.0. The number of rotatable bonds is 46. The van der Waals surface area contributed by atoms with Crippen molar-refractivity contribution in [3.63, 3.8) is 0 Å². The largest absolute Gasteiger partial charge is 0.790 e. The van der Waals surface area contributed by atoms with Crippen molar-refractivity contribution < 1.29 is 85.3 Å². The number of nitrogens with zero attached hydrogens (tertiary/aromatic N) is 4. The third kappa shape index (κ3) is 31.5. The van der Waals surface area contributed by atoms with E-state index in [1.54, 1.807) is 0 Å². The maximum Gasteiger partial charge on any atom is 0.274 e. The molecule has 84 heavy (non-hydrogen) atoms. The first-order valence-corrected chi connectivity index (χ1v) is 34.1. The van der Waals surface area contributed by atoms with Crippen LogP contribution in [0.15, 0.2) is 73.4 Å². The van der Waals surface area contributed by atoms with Gasteiger partial charge in [-0.1, -0.05) is 164 Å². The van der Waals surface area contributed by atoms with Gasteiger partial charge < -0.3 is 69.0 Å². The van der Waals surface area contributed by atoms with E-state index in [9.17, 15) is 62.7 Å². The minimum absolute atomic E-state index is 0.0263. The normalized spacial score (nSPS) is 18.9. The molecule has 0 saturated carbocycles. The summed E-state index contributed by atoms with van der Waals surface area (Å²) >= 11 is 0.929. The number of allylic oxidation sites excluding steroid dienone is 10. The van der Waals surface area contributed by atoms with Crippen molar-refractivity contribution in [3.05, 3.63) is 73.4 Å². The van der Waals surface area contributed by atoms with Gasteiger partial charge >= 0.3 is 0 Å². The summed E-state index contributed by atoms with van der Waals surface area (Å²) in [5.74, 6) is -1.52. The Hall–Kier alpha value is -4.07. The van der Waals surface area contributed by atoms with Gasteiger partial charge in [0.15, 0.2) is 22.8 Å². The van der Waals surface area contributed by atoms with E-state index in [4.69, 9.17) is 10.5 Å². The Kier molecular flexibility index (Phi) is 35.7. The summed E-state index contributed by atoms with van der Waals surface area (Å²) in [7, 11) is -17.7. The molecule has 3 heterocycles. The number of hydrogen-bond donors (Lipinski definition) is 5. The topological polar surface area (TPSA) is 392 Å². The maximum atomic E-state index is 12.7. The highest BCUT2D eigenvalue weighted by atomic mass is 32.2. The minimum atomic E-state index is -5.94. The highest BCUT2D eigenvalue weighted by Crippen LogP contribution is 2.56. The van der Waals surface area contributed by atoms with Gasteiger partial charge in [-0.15, -0.1) is 0 Å². The molecule has 0 bridgehead atoms. The Bertz CT molecular complexity index is 2610. The zero-order valence-electron chi connectivity index (χ0n) is 48.4. The fraction of sp³-hybridized carbons (Fsp3) is 0.655. The zero-order valence-corrected chi connectivity index (χ0v) is 51.9. The van der Waals surface area contributed by atoms with E-state index in [1.807, 2.05) is 0 Å². The summed E-state index contributed by atoms with van der Waals surface area (Å²) in [4.78, 5) is 110. The van der Waals surface area contributed by atoms with Crippen molar-refractivity contribution in [1.82, 2.24) is 30.2 Å². The molecule has 0 aromatic carbocycles. The lowest BCUT2D eigenvalue weighted by Gasteiger charge is -2.36. The van der Waals surface area contributed by atoms with Gasteiger partial charge in [0.25, 0.3) is 15.6 Å². The molecule has 29 heteroatoms. The summed E-state index contributed by atoms with van der Waals surface area (Å²) in [5.41, 5.74) is 4.06. The van der Waals surface area contributed by atoms with Gasteiger partial charge in [-0.3, -0.25) is 32.9 Å². The van der Waals surface area contributed by atoms with Gasteiger partial charge in [0.2, 0.25) is 11.8 Å². The third-order valence-electron chi connectivity index (χ3n) is 13.1. The predicted octanol–water partition coefficient (Wildman–Crippen LogP) is 6.70. The molecule has 474 valence electrons. The molecule has 0 radical (unpaired) electrons. The van der Waals surface area contributed by atoms with E-state index in [0.29, 0.717) is 6.42 Å². The second-order valence-corrected chi connectivity index (χ2v) is 26.0. The van der Waals surface area contributed by atoms with E-state index in [1.165, 1.54) is 71.6 Å². The van der Waals surface area contributed by atoms with Crippen LogP contribution >= 0.6 is 35.2 Å². The standard InChI is InChI=1S/C55H90N7O18P3S/c1-4-5-6-7-8-9-10-11-12-13-14-15-16-17-18-19-20-21-22-23-24-25-26-27-28-29-30-31-32-33-43(63)38-46(65)84-37-36-57-45(64)34-35-58-53(68)50(67)55(2,3)40-77-83(74,75)80-82(72,73)76-39-44-49(79-81(69,70)71)48(66)54(78-44)62-42-61-47-51(56)59-41-60-52(47)62/h5-6,8-9,11-12,14-15,17-18,41-42,44,48-50,54,66-67H,4,7,10,13,16,19-40H2,1-3H3,(H,57,64)(H,58,68)(H,72,73)(H,74,75)(H2,56,59,60)(H2,69,70,71)/p-4/b6-5-,9-8-,12-11-,15-14-,18-17-/t44-,48-,49-,50+,54-/m1/s1. The predicted molar refractivity (Wildman–Crippen MR) is 312 cm³/mol. The summed E-state index contributed by atoms with van der Waals surface area (Å²) in [6.07, 6.45) is 36.2. The Labute approximate surface area is 497 Å². The number of ketones is 1. The summed E-state index contributed by atoms with van der Waals surface area (Å²) < 4.78 is 61.0. The van der Waals surface area contributed by atoms with Gasteiger partial charge in [0.1, 0.15) is 42.0 Å². The number of nitrogen functional groups attached to an aromatic ring is 1. The number of aliphatic hydroxyl groups is 2. The lowest BCUT2D eigenvalue weighted by atomic mass is 9.87. The van der Waals surface area contributed by atoms with Crippen LogP contribution in [0.2, 0.25) is 0 Å². The molecule has 2 unspecified atom stereocenters. The second-order valence-electron chi connectivity index (χ2n) is 20.8. The van der Waals surface area contributed by atoms with Crippen LogP contribution in [0.4, 0.5) is 5.82 Å². The number of hydrogen-bond acceptors (Lipinski definition) is 23. The molecule has 0 spiro atoms. The van der Waals surface area contributed by atoms with Crippen LogP contribution in [-0.2, 0) is 55.5 Å². The van der Waals surface area contributed by atoms with Crippen LogP contribution in [0.25, 0.3) is 11.2 Å². The summed E-state index contributed by atoms with van der Waals surface area (Å²) in [5, 5.41) is 26.1. The number of phosphoric ester groups is 3. The quantitative estimate of drug-likeness (QED) is 0.0199. The first kappa shape index (κ1) is 74.2. The van der Waals surface area contributed by atoms with E-state index in [0.717, 1.165) is 93.2 Å². The van der Waals surface area contributed by atoms with E-state index in [2.05, 4.69) is 111 Å². The number of imidazole rings is 1. The average Bonchev–Trinajstić information content (AvgIpc) is 2.09. The fourth-order valence-corrected chi connectivity index (χ4v) is 11.9. The Balaban J connectivity index is 1.16. The first-order valence-electron chi connectivity index (χ1n) is 28.7. The minimum Gasteiger partial charge on any atom is -0.790 e. The van der Waals surface area contributed by atoms with Gasteiger partial charge in [-0.05, 0) is 51.4 Å². The van der Waals surface area contributed by atoms with E-state index < -0.39 is 84.6 Å². The van der Waals surface area contributed by atoms with Gasteiger partial charge in [0.05, 0.1) is 33.8 Å². The molecule has 2 aromatic heterocycles. The number of nitrogens with one attached hydrogen (secondary N) is 2. The smallest absolute Gasteiger partial charge is 0.274 e. The van der Waals surface area contributed by atoms with Gasteiger partial charge in [-0.2, -0.15) is 0 Å². The van der Waals surface area contributed by atoms with Crippen molar-refractivity contribution in [3.8, 4) is 0 Å².